The van der Waals surface area contributed by atoms with Crippen molar-refractivity contribution in [3.05, 3.63) is 65.0 Å². The topological polar surface area (TPSA) is 92.7 Å². The Morgan fingerprint density at radius 1 is 1.11 bits per heavy atom. The first-order valence-electron chi connectivity index (χ1n) is 7.67. The molecule has 0 unspecified atom stereocenters. The highest BCUT2D eigenvalue weighted by Gasteiger charge is 2.27. The molecule has 6 nitrogen and oxygen atoms in total. The molecular weight excluding hydrogens is 410 g/mol. The van der Waals surface area contributed by atoms with Crippen LogP contribution in [0, 0.1) is 6.92 Å². The molecule has 0 amide bonds. The minimum absolute atomic E-state index is 0.0894. The molecule has 2 N–H and O–H groups in total. The van der Waals surface area contributed by atoms with Crippen LogP contribution in [0.15, 0.2) is 59.5 Å². The molecule has 9 heteroatoms. The first-order valence-corrected chi connectivity index (χ1v) is 10.8. The van der Waals surface area contributed by atoms with Crippen LogP contribution in [-0.2, 0) is 9.05 Å². The highest BCUT2D eigenvalue weighted by Crippen LogP contribution is 2.40. The molecule has 1 aromatic heterocycles. The number of hydrogen-bond donors (Lipinski definition) is 2. The average Bonchev–Trinajstić information content (AvgIpc) is 2.92. The second-order valence-corrected chi connectivity index (χ2v) is 9.05. The molecule has 0 aliphatic rings. The second kappa shape index (κ2) is 7.59. The molecule has 27 heavy (non-hydrogen) atoms. The lowest BCUT2D eigenvalue weighted by Crippen LogP contribution is -1.99. The van der Waals surface area contributed by atoms with Crippen LogP contribution in [0.4, 0.5) is 10.7 Å². The quantitative estimate of drug-likeness (QED) is 0.528. The summed E-state index contributed by atoms with van der Waals surface area (Å²) in [5, 5.41) is 12.3. The zero-order valence-corrected chi connectivity index (χ0v) is 16.4. The number of carboxylic acid groups (broad SMARTS) is 1. The van der Waals surface area contributed by atoms with E-state index in [2.05, 4.69) is 5.32 Å². The largest absolute Gasteiger partial charge is 0.477 e. The molecule has 140 valence electrons. The summed E-state index contributed by atoms with van der Waals surface area (Å²) in [7, 11) is 1.38. The number of hydrogen-bond acceptors (Lipinski definition) is 6. The number of thiophene rings is 1. The van der Waals surface area contributed by atoms with Crippen molar-refractivity contribution in [2.45, 2.75) is 11.8 Å². The molecule has 0 saturated carbocycles. The maximum absolute atomic E-state index is 11.9. The number of rotatable bonds is 6. The molecule has 0 saturated heterocycles. The highest BCUT2D eigenvalue weighted by molar-refractivity contribution is 8.14. The summed E-state index contributed by atoms with van der Waals surface area (Å²) in [5.41, 5.74) is 0.630. The molecule has 0 aliphatic heterocycles. The molecule has 0 fully saturated rings. The van der Waals surface area contributed by atoms with Crippen LogP contribution >= 0.6 is 22.0 Å². The van der Waals surface area contributed by atoms with Gasteiger partial charge in [0, 0.05) is 22.4 Å². The Hall–Kier alpha value is -2.55. The van der Waals surface area contributed by atoms with Crippen LogP contribution in [0.1, 0.15) is 15.2 Å². The van der Waals surface area contributed by atoms with E-state index in [1.165, 1.54) is 6.92 Å². The lowest BCUT2D eigenvalue weighted by atomic mass is 10.2. The fourth-order valence-corrected chi connectivity index (χ4v) is 5.41. The van der Waals surface area contributed by atoms with Gasteiger partial charge in [-0.3, -0.25) is 0 Å². The average molecular weight is 424 g/mol. The summed E-state index contributed by atoms with van der Waals surface area (Å²) in [4.78, 5) is 11.0. The van der Waals surface area contributed by atoms with Crippen LogP contribution in [-0.4, -0.2) is 19.5 Å². The summed E-state index contributed by atoms with van der Waals surface area (Å²) in [6, 6.07) is 16.0. The van der Waals surface area contributed by atoms with Gasteiger partial charge in [0.15, 0.2) is 0 Å². The molecule has 3 rings (SSSR count). The van der Waals surface area contributed by atoms with Gasteiger partial charge in [0.1, 0.15) is 26.3 Å². The SMILES string of the molecule is Cc1c(C(=O)O)sc(Nc2cccc(Oc3ccccc3)c2)c1S(=O)(=O)Cl. The third kappa shape index (κ3) is 4.41. The highest BCUT2D eigenvalue weighted by atomic mass is 35.7. The Morgan fingerprint density at radius 3 is 2.41 bits per heavy atom. The first kappa shape index (κ1) is 19.2. The number of anilines is 2. The smallest absolute Gasteiger partial charge is 0.346 e. The number of halogens is 1. The standard InChI is InChI=1S/C18H14ClNO5S2/c1-11-15(18(21)22)26-17(16(11)27(19,23)24)20-12-6-5-9-14(10-12)25-13-7-3-2-4-8-13/h2-10,20H,1H3,(H,21,22). The van der Waals surface area contributed by atoms with Gasteiger partial charge in [-0.2, -0.15) is 0 Å². The Labute approximate surface area is 164 Å². The summed E-state index contributed by atoms with van der Waals surface area (Å²) in [5.74, 6) is -0.0275. The van der Waals surface area contributed by atoms with Crippen LogP contribution in [0.2, 0.25) is 0 Å². The van der Waals surface area contributed by atoms with Crippen molar-refractivity contribution >= 4 is 47.7 Å². The van der Waals surface area contributed by atoms with E-state index in [-0.39, 0.29) is 20.3 Å². The van der Waals surface area contributed by atoms with Gasteiger partial charge >= 0.3 is 5.97 Å². The minimum atomic E-state index is -4.13. The number of ether oxygens (including phenoxy) is 1. The Bertz CT molecular complexity index is 1090. The van der Waals surface area contributed by atoms with Gasteiger partial charge in [0.25, 0.3) is 9.05 Å². The van der Waals surface area contributed by atoms with Gasteiger partial charge in [-0.25, -0.2) is 13.2 Å². The molecule has 2 aromatic carbocycles. The molecule has 0 aliphatic carbocycles. The Balaban J connectivity index is 1.95. The fraction of sp³-hybridized carbons (Fsp3) is 0.0556. The fourth-order valence-electron chi connectivity index (χ4n) is 2.47. The van der Waals surface area contributed by atoms with E-state index in [0.717, 1.165) is 11.3 Å². The minimum Gasteiger partial charge on any atom is -0.477 e. The lowest BCUT2D eigenvalue weighted by Gasteiger charge is -2.09. The van der Waals surface area contributed by atoms with Crippen molar-refractivity contribution in [1.29, 1.82) is 0 Å². The molecular formula is C18H14ClNO5S2. The summed E-state index contributed by atoms with van der Waals surface area (Å²) in [6.45, 7) is 1.41. The normalized spacial score (nSPS) is 11.2. The number of nitrogens with one attached hydrogen (secondary N) is 1. The summed E-state index contributed by atoms with van der Waals surface area (Å²) >= 11 is 0.811. The predicted molar refractivity (Wildman–Crippen MR) is 105 cm³/mol. The van der Waals surface area contributed by atoms with Gasteiger partial charge in [-0.15, -0.1) is 11.3 Å². The zero-order chi connectivity index (χ0) is 19.6. The van der Waals surface area contributed by atoms with Crippen LogP contribution in [0.3, 0.4) is 0 Å². The van der Waals surface area contributed by atoms with Crippen molar-refractivity contribution in [2.75, 3.05) is 5.32 Å². The third-order valence-corrected chi connectivity index (χ3v) is 6.39. The molecule has 1 heterocycles. The number of para-hydroxylation sites is 1. The Kier molecular flexibility index (Phi) is 5.41. The van der Waals surface area contributed by atoms with Gasteiger partial charge in [-0.1, -0.05) is 24.3 Å². The first-order chi connectivity index (χ1) is 12.8. The van der Waals surface area contributed by atoms with E-state index in [1.807, 2.05) is 18.2 Å². The number of benzene rings is 2. The monoisotopic (exact) mass is 423 g/mol. The van der Waals surface area contributed by atoms with Crippen LogP contribution < -0.4 is 10.1 Å². The number of carbonyl (C=O) groups is 1. The van der Waals surface area contributed by atoms with Crippen molar-refractivity contribution in [2.24, 2.45) is 0 Å². The van der Waals surface area contributed by atoms with Gasteiger partial charge < -0.3 is 15.2 Å². The molecule has 3 aromatic rings. The van der Waals surface area contributed by atoms with E-state index in [9.17, 15) is 18.3 Å². The van der Waals surface area contributed by atoms with Crippen molar-refractivity contribution < 1.29 is 23.1 Å². The summed E-state index contributed by atoms with van der Waals surface area (Å²) < 4.78 is 29.6. The van der Waals surface area contributed by atoms with E-state index >= 15 is 0 Å². The van der Waals surface area contributed by atoms with E-state index in [4.69, 9.17) is 15.4 Å². The van der Waals surface area contributed by atoms with E-state index in [0.29, 0.717) is 17.2 Å². The molecule has 0 radical (unpaired) electrons. The predicted octanol–water partition coefficient (Wildman–Crippen LogP) is 5.22. The van der Waals surface area contributed by atoms with Crippen LogP contribution in [0.25, 0.3) is 0 Å². The molecule has 0 bridgehead atoms. The second-order valence-electron chi connectivity index (χ2n) is 5.53. The third-order valence-electron chi connectivity index (χ3n) is 3.60. The maximum atomic E-state index is 11.9. The molecule has 0 atom stereocenters. The number of aromatic carboxylic acids is 1. The lowest BCUT2D eigenvalue weighted by molar-refractivity contribution is 0.0701. The van der Waals surface area contributed by atoms with Crippen molar-refractivity contribution in [1.82, 2.24) is 0 Å². The summed E-state index contributed by atoms with van der Waals surface area (Å²) in [6.07, 6.45) is 0. The van der Waals surface area contributed by atoms with Crippen molar-refractivity contribution in [3.8, 4) is 11.5 Å². The van der Waals surface area contributed by atoms with E-state index < -0.39 is 15.0 Å². The molecule has 0 spiro atoms. The Morgan fingerprint density at radius 2 is 1.78 bits per heavy atom. The van der Waals surface area contributed by atoms with Crippen LogP contribution in [0.5, 0.6) is 11.5 Å². The maximum Gasteiger partial charge on any atom is 0.346 e. The van der Waals surface area contributed by atoms with Gasteiger partial charge in [0.2, 0.25) is 0 Å². The van der Waals surface area contributed by atoms with E-state index in [1.54, 1.807) is 36.4 Å². The van der Waals surface area contributed by atoms with Crippen molar-refractivity contribution in [3.63, 3.8) is 0 Å². The van der Waals surface area contributed by atoms with Gasteiger partial charge in [-0.05, 0) is 36.8 Å². The number of carboxylic acids is 1. The van der Waals surface area contributed by atoms with Gasteiger partial charge in [0.05, 0.1) is 0 Å². The zero-order valence-electron chi connectivity index (χ0n) is 14.0.